The molecule has 5 heteroatoms. The Morgan fingerprint density at radius 3 is 2.56 bits per heavy atom. The maximum absolute atomic E-state index is 13.8. The maximum atomic E-state index is 13.8. The molecular weight excluding hydrogens is 403 g/mol. The van der Waals surface area contributed by atoms with Crippen LogP contribution in [-0.2, 0) is 4.79 Å². The molecule has 0 radical (unpaired) electrons. The van der Waals surface area contributed by atoms with Crippen LogP contribution in [0.2, 0.25) is 0 Å². The number of aromatic amines is 1. The van der Waals surface area contributed by atoms with E-state index in [9.17, 15) is 14.3 Å². The molecule has 2 aliphatic carbocycles. The highest BCUT2D eigenvalue weighted by Crippen LogP contribution is 2.52. The second-order valence-electron chi connectivity index (χ2n) is 10.3. The molecule has 3 unspecified atom stereocenters. The van der Waals surface area contributed by atoms with Gasteiger partial charge in [0.15, 0.2) is 0 Å². The molecule has 2 saturated heterocycles. The van der Waals surface area contributed by atoms with Gasteiger partial charge < -0.3 is 15.0 Å². The lowest BCUT2D eigenvalue weighted by Crippen LogP contribution is -2.65. The van der Waals surface area contributed by atoms with Crippen LogP contribution in [0.15, 0.2) is 48.7 Å². The number of carbonyl (C=O) groups is 1. The van der Waals surface area contributed by atoms with E-state index in [4.69, 9.17) is 0 Å². The Balaban J connectivity index is 1.37. The van der Waals surface area contributed by atoms with E-state index in [0.717, 1.165) is 46.9 Å². The van der Waals surface area contributed by atoms with Crippen molar-refractivity contribution in [3.8, 4) is 0 Å². The first-order valence-corrected chi connectivity index (χ1v) is 11.8. The number of aryl methyl sites for hydroxylation is 1. The van der Waals surface area contributed by atoms with Gasteiger partial charge in [-0.3, -0.25) is 4.79 Å². The molecule has 2 N–H and O–H groups in total. The summed E-state index contributed by atoms with van der Waals surface area (Å²) in [6.45, 7) is 2.09. The van der Waals surface area contributed by atoms with Gasteiger partial charge in [0, 0.05) is 41.5 Å². The van der Waals surface area contributed by atoms with Crippen molar-refractivity contribution in [2.75, 3.05) is 0 Å². The van der Waals surface area contributed by atoms with Gasteiger partial charge in [-0.2, -0.15) is 0 Å². The fourth-order valence-electron chi connectivity index (χ4n) is 7.05. The topological polar surface area (TPSA) is 56.3 Å². The molecule has 1 aromatic heterocycles. The van der Waals surface area contributed by atoms with Crippen LogP contribution in [-0.4, -0.2) is 38.6 Å². The summed E-state index contributed by atoms with van der Waals surface area (Å²) in [5.74, 6) is 0.274. The molecular formula is C27H29FN2O2. The summed E-state index contributed by atoms with van der Waals surface area (Å²) in [4.78, 5) is 19.2. The molecule has 4 fully saturated rings. The minimum Gasteiger partial charge on any atom is -0.390 e. The van der Waals surface area contributed by atoms with Crippen LogP contribution >= 0.6 is 0 Å². The van der Waals surface area contributed by atoms with Gasteiger partial charge in [0.05, 0.1) is 5.60 Å². The maximum Gasteiger partial charge on any atom is 0.224 e. The third-order valence-electron chi connectivity index (χ3n) is 8.16. The molecule has 2 aromatic carbocycles. The number of aromatic nitrogens is 1. The number of hydrogen-bond donors (Lipinski definition) is 2. The van der Waals surface area contributed by atoms with E-state index in [-0.39, 0.29) is 29.7 Å². The van der Waals surface area contributed by atoms with Crippen LogP contribution in [0, 0.1) is 18.7 Å². The number of fused-ring (bicyclic) bond motifs is 1. The first kappa shape index (κ1) is 20.0. The second kappa shape index (κ2) is 7.17. The fourth-order valence-corrected chi connectivity index (χ4v) is 7.05. The number of carbonyl (C=O) groups excluding carboxylic acids is 1. The standard InChI is InChI=1S/C27H29FN2O2/c1-16-3-2-4-24-26(16)23(15-29-24)22(18-5-7-19(28)8-6-18)11-25(31)30-20-9-17-10-21(30)14-27(32,12-17)13-20/h2-8,15,17,20-22,29,32H,9-14H2,1H3. The lowest BCUT2D eigenvalue weighted by Gasteiger charge is -2.59. The molecule has 3 atom stereocenters. The fraction of sp³-hybridized carbons (Fsp3) is 0.444. The summed E-state index contributed by atoms with van der Waals surface area (Å²) in [5, 5.41) is 12.1. The molecule has 4 aliphatic rings. The van der Waals surface area contributed by atoms with Gasteiger partial charge in [-0.05, 0) is 79.8 Å². The lowest BCUT2D eigenvalue weighted by atomic mass is 9.61. The summed E-state index contributed by atoms with van der Waals surface area (Å²) in [6.07, 6.45) is 6.69. The predicted molar refractivity (Wildman–Crippen MR) is 122 cm³/mol. The number of aliphatic hydroxyl groups is 1. The molecule has 4 bridgehead atoms. The lowest BCUT2D eigenvalue weighted by molar-refractivity contribution is -0.174. The molecule has 32 heavy (non-hydrogen) atoms. The Bertz CT molecular complexity index is 1170. The summed E-state index contributed by atoms with van der Waals surface area (Å²) < 4.78 is 13.7. The highest BCUT2D eigenvalue weighted by molar-refractivity contribution is 5.88. The van der Waals surface area contributed by atoms with Crippen molar-refractivity contribution in [3.05, 3.63) is 71.2 Å². The quantitative estimate of drug-likeness (QED) is 0.607. The van der Waals surface area contributed by atoms with Gasteiger partial charge >= 0.3 is 0 Å². The summed E-state index contributed by atoms with van der Waals surface area (Å²) >= 11 is 0. The van der Waals surface area contributed by atoms with Crippen LogP contribution in [0.3, 0.4) is 0 Å². The van der Waals surface area contributed by atoms with Crippen molar-refractivity contribution in [1.82, 2.24) is 9.88 Å². The minimum atomic E-state index is -0.572. The average molecular weight is 433 g/mol. The molecule has 2 aliphatic heterocycles. The van der Waals surface area contributed by atoms with Crippen molar-refractivity contribution in [1.29, 1.82) is 0 Å². The zero-order chi connectivity index (χ0) is 22.0. The Kier molecular flexibility index (Phi) is 4.48. The van der Waals surface area contributed by atoms with Gasteiger partial charge in [-0.1, -0.05) is 24.3 Å². The number of nitrogens with one attached hydrogen (secondary N) is 1. The Hall–Kier alpha value is -2.66. The molecule has 0 spiro atoms. The zero-order valence-electron chi connectivity index (χ0n) is 18.4. The Morgan fingerprint density at radius 2 is 1.88 bits per heavy atom. The molecule has 4 nitrogen and oxygen atoms in total. The molecule has 3 aromatic rings. The van der Waals surface area contributed by atoms with Gasteiger partial charge in [-0.15, -0.1) is 0 Å². The SMILES string of the molecule is Cc1cccc2[nH]cc(C(CC(=O)N3C4CC5CC3CC(O)(C5)C4)c3ccc(F)cc3)c12. The summed E-state index contributed by atoms with van der Waals surface area (Å²) in [6, 6.07) is 13.0. The number of nitrogens with zero attached hydrogens (tertiary/aromatic N) is 1. The van der Waals surface area contributed by atoms with E-state index >= 15 is 0 Å². The predicted octanol–water partition coefficient (Wildman–Crippen LogP) is 5.04. The van der Waals surface area contributed by atoms with E-state index in [2.05, 4.69) is 28.9 Å². The molecule has 166 valence electrons. The van der Waals surface area contributed by atoms with Crippen molar-refractivity contribution in [2.24, 2.45) is 5.92 Å². The first-order chi connectivity index (χ1) is 15.4. The van der Waals surface area contributed by atoms with Crippen LogP contribution < -0.4 is 0 Å². The van der Waals surface area contributed by atoms with Crippen molar-refractivity contribution >= 4 is 16.8 Å². The molecule has 1 amide bonds. The first-order valence-electron chi connectivity index (χ1n) is 11.8. The second-order valence-corrected chi connectivity index (χ2v) is 10.3. The van der Waals surface area contributed by atoms with Crippen LogP contribution in [0.5, 0.6) is 0 Å². The third-order valence-corrected chi connectivity index (χ3v) is 8.16. The largest absolute Gasteiger partial charge is 0.390 e. The third kappa shape index (κ3) is 3.17. The number of halogens is 1. The number of rotatable bonds is 4. The van der Waals surface area contributed by atoms with E-state index < -0.39 is 5.60 Å². The van der Waals surface area contributed by atoms with Crippen LogP contribution in [0.1, 0.15) is 61.1 Å². The molecule has 2 saturated carbocycles. The van der Waals surface area contributed by atoms with Gasteiger partial charge in [-0.25, -0.2) is 4.39 Å². The highest BCUT2D eigenvalue weighted by Gasteiger charge is 2.55. The number of amides is 1. The van der Waals surface area contributed by atoms with Gasteiger partial charge in [0.1, 0.15) is 5.82 Å². The molecule has 7 rings (SSSR count). The Morgan fingerprint density at radius 1 is 1.16 bits per heavy atom. The van der Waals surface area contributed by atoms with E-state index in [1.54, 1.807) is 12.1 Å². The van der Waals surface area contributed by atoms with Crippen molar-refractivity contribution < 1.29 is 14.3 Å². The smallest absolute Gasteiger partial charge is 0.224 e. The highest BCUT2D eigenvalue weighted by atomic mass is 19.1. The van der Waals surface area contributed by atoms with Crippen molar-refractivity contribution in [2.45, 2.75) is 69.1 Å². The summed E-state index contributed by atoms with van der Waals surface area (Å²) in [5.41, 5.74) is 3.68. The number of piperidine rings is 2. The van der Waals surface area contributed by atoms with Crippen molar-refractivity contribution in [3.63, 3.8) is 0 Å². The van der Waals surface area contributed by atoms with E-state index in [1.165, 1.54) is 12.1 Å². The van der Waals surface area contributed by atoms with Gasteiger partial charge in [0.2, 0.25) is 5.91 Å². The van der Waals surface area contributed by atoms with Crippen LogP contribution in [0.4, 0.5) is 4.39 Å². The number of H-pyrrole nitrogens is 1. The number of hydrogen-bond acceptors (Lipinski definition) is 2. The van der Waals surface area contributed by atoms with Crippen LogP contribution in [0.25, 0.3) is 10.9 Å². The Labute approximate surface area is 187 Å². The number of benzene rings is 2. The normalized spacial score (nSPS) is 29.6. The van der Waals surface area contributed by atoms with Gasteiger partial charge in [0.25, 0.3) is 0 Å². The molecule has 3 heterocycles. The summed E-state index contributed by atoms with van der Waals surface area (Å²) in [7, 11) is 0. The monoisotopic (exact) mass is 432 g/mol. The zero-order valence-corrected chi connectivity index (χ0v) is 18.4. The van der Waals surface area contributed by atoms with E-state index in [1.807, 2.05) is 12.3 Å². The average Bonchev–Trinajstić information content (AvgIpc) is 3.16. The van der Waals surface area contributed by atoms with E-state index in [0.29, 0.717) is 25.2 Å². The minimum absolute atomic E-state index is 0.150.